The van der Waals surface area contributed by atoms with Crippen LogP contribution in [0.2, 0.25) is 0 Å². The highest BCUT2D eigenvalue weighted by Gasteiger charge is 2.11. The first-order valence-electron chi connectivity index (χ1n) is 9.28. The first-order valence-corrected chi connectivity index (χ1v) is 12.5. The largest absolute Gasteiger partial charge is 0.491 e. The molecule has 28 heavy (non-hydrogen) atoms. The van der Waals surface area contributed by atoms with Gasteiger partial charge in [-0.3, -0.25) is 9.11 Å². The van der Waals surface area contributed by atoms with Crippen LogP contribution in [-0.2, 0) is 31.8 Å². The van der Waals surface area contributed by atoms with Crippen molar-refractivity contribution in [3.63, 3.8) is 0 Å². The van der Waals surface area contributed by atoms with Crippen molar-refractivity contribution in [2.45, 2.75) is 51.9 Å². The second-order valence-electron chi connectivity index (χ2n) is 6.25. The summed E-state index contributed by atoms with van der Waals surface area (Å²) >= 11 is 0. The Morgan fingerprint density at radius 3 is 1.93 bits per heavy atom. The standard InChI is InChI=1S/C16H25O2.C2H6O6S2/c1-2-3-4-5-6-7-10-15-11-8-9-12-16(15)18-14-13-17;3-9(4,5)1-2-10(6,7)8/h8-9,11-12H,2-7,10,13-14H2,1H3;1-2H2,(H,3,4,5)(H,6,7,8). The fourth-order valence-corrected chi connectivity index (χ4v) is 3.99. The van der Waals surface area contributed by atoms with E-state index in [4.69, 9.17) is 13.8 Å². The van der Waals surface area contributed by atoms with Gasteiger partial charge in [0.2, 0.25) is 0 Å². The monoisotopic (exact) mass is 439 g/mol. The summed E-state index contributed by atoms with van der Waals surface area (Å²) in [5.74, 6) is -1.07. The van der Waals surface area contributed by atoms with Gasteiger partial charge in [0, 0.05) is 0 Å². The predicted octanol–water partition coefficient (Wildman–Crippen LogP) is 3.16. The van der Waals surface area contributed by atoms with Crippen LogP contribution in [0.3, 0.4) is 0 Å². The lowest BCUT2D eigenvalue weighted by Crippen LogP contribution is -2.15. The average molecular weight is 440 g/mol. The highest BCUT2D eigenvalue weighted by Crippen LogP contribution is 2.20. The Labute approximate surface area is 168 Å². The number of aryl methyl sites for hydroxylation is 1. The molecule has 1 radical (unpaired) electrons. The van der Waals surface area contributed by atoms with Crippen LogP contribution in [0.5, 0.6) is 5.75 Å². The summed E-state index contributed by atoms with van der Waals surface area (Å²) < 4.78 is 60.9. The Morgan fingerprint density at radius 1 is 0.857 bits per heavy atom. The molecule has 0 amide bonds. The van der Waals surface area contributed by atoms with Gasteiger partial charge in [-0.05, 0) is 24.5 Å². The Morgan fingerprint density at radius 2 is 1.39 bits per heavy atom. The van der Waals surface area contributed by atoms with E-state index in [0.29, 0.717) is 0 Å². The molecule has 0 fully saturated rings. The molecule has 0 unspecified atom stereocenters. The molecule has 0 aliphatic carbocycles. The molecule has 0 aliphatic heterocycles. The normalized spacial score (nSPS) is 11.6. The second kappa shape index (κ2) is 14.7. The van der Waals surface area contributed by atoms with Crippen LogP contribution < -0.4 is 4.74 Å². The van der Waals surface area contributed by atoms with Gasteiger partial charge in [-0.1, -0.05) is 57.2 Å². The van der Waals surface area contributed by atoms with Crippen molar-refractivity contribution >= 4 is 20.2 Å². The second-order valence-corrected chi connectivity index (χ2v) is 9.39. The highest BCUT2D eigenvalue weighted by molar-refractivity contribution is 7.89. The minimum Gasteiger partial charge on any atom is -0.491 e. The number of ether oxygens (including phenoxy) is 1. The van der Waals surface area contributed by atoms with E-state index in [1.165, 1.54) is 44.1 Å². The molecule has 0 aliphatic rings. The SMILES string of the molecule is CCCCCCCCc1ccccc1OCC[O].O=S(=O)(O)CCS(=O)(=O)O. The molecule has 163 valence electrons. The van der Waals surface area contributed by atoms with E-state index in [1.807, 2.05) is 18.2 Å². The van der Waals surface area contributed by atoms with Gasteiger partial charge in [0.25, 0.3) is 20.2 Å². The summed E-state index contributed by atoms with van der Waals surface area (Å²) in [4.78, 5) is 0. The number of benzene rings is 1. The van der Waals surface area contributed by atoms with Gasteiger partial charge >= 0.3 is 0 Å². The van der Waals surface area contributed by atoms with E-state index >= 15 is 0 Å². The Bertz CT molecular complexity index is 698. The smallest absolute Gasteiger partial charge is 0.265 e. The molecular formula is C18H31O8S2. The van der Waals surface area contributed by atoms with Gasteiger partial charge in [0.15, 0.2) is 0 Å². The number of unbranched alkanes of at least 4 members (excludes halogenated alkanes) is 5. The van der Waals surface area contributed by atoms with Gasteiger partial charge < -0.3 is 4.74 Å². The Hall–Kier alpha value is -1.20. The maximum Gasteiger partial charge on any atom is 0.265 e. The number of hydrogen-bond acceptors (Lipinski definition) is 5. The quantitative estimate of drug-likeness (QED) is 0.355. The van der Waals surface area contributed by atoms with Gasteiger partial charge in [0.1, 0.15) is 19.0 Å². The molecule has 0 spiro atoms. The number of para-hydroxylation sites is 1. The summed E-state index contributed by atoms with van der Waals surface area (Å²) in [7, 11) is -8.59. The molecule has 1 rings (SSSR count). The highest BCUT2D eigenvalue weighted by atomic mass is 32.2. The number of rotatable bonds is 13. The van der Waals surface area contributed by atoms with Crippen molar-refractivity contribution in [2.24, 2.45) is 0 Å². The molecular weight excluding hydrogens is 408 g/mol. The van der Waals surface area contributed by atoms with Gasteiger partial charge in [-0.15, -0.1) is 0 Å². The van der Waals surface area contributed by atoms with Crippen LogP contribution in [-0.4, -0.2) is 50.7 Å². The molecule has 0 heterocycles. The molecule has 0 saturated heterocycles. The molecule has 1 aromatic carbocycles. The summed E-state index contributed by atoms with van der Waals surface area (Å²) in [6, 6.07) is 8.07. The summed E-state index contributed by atoms with van der Waals surface area (Å²) in [5.41, 5.74) is 1.24. The third-order valence-electron chi connectivity index (χ3n) is 3.71. The van der Waals surface area contributed by atoms with Gasteiger partial charge in [-0.2, -0.15) is 16.8 Å². The molecule has 0 bridgehead atoms. The zero-order valence-corrected chi connectivity index (χ0v) is 17.9. The van der Waals surface area contributed by atoms with Crippen molar-refractivity contribution < 1.29 is 35.8 Å². The van der Waals surface area contributed by atoms with Crippen LogP contribution in [0, 0.1) is 0 Å². The minimum absolute atomic E-state index is 0.175. The number of hydrogen-bond donors (Lipinski definition) is 2. The zero-order chi connectivity index (χ0) is 21.5. The maximum absolute atomic E-state index is 10.5. The van der Waals surface area contributed by atoms with Gasteiger partial charge in [0.05, 0.1) is 11.5 Å². The Balaban J connectivity index is 0.000000621. The summed E-state index contributed by atoms with van der Waals surface area (Å²) in [6.45, 7) is 2.34. The van der Waals surface area contributed by atoms with E-state index < -0.39 is 31.7 Å². The topological polar surface area (TPSA) is 138 Å². The fraction of sp³-hybridized carbons (Fsp3) is 0.667. The lowest BCUT2D eigenvalue weighted by molar-refractivity contribution is 0.137. The molecule has 1 aromatic rings. The molecule has 10 heteroatoms. The molecule has 0 aromatic heterocycles. The third-order valence-corrected chi connectivity index (χ3v) is 5.41. The van der Waals surface area contributed by atoms with Crippen molar-refractivity contribution in [1.29, 1.82) is 0 Å². The predicted molar refractivity (Wildman–Crippen MR) is 107 cm³/mol. The van der Waals surface area contributed by atoms with Crippen molar-refractivity contribution in [3.8, 4) is 5.75 Å². The molecule has 8 nitrogen and oxygen atoms in total. The van der Waals surface area contributed by atoms with Crippen LogP contribution in [0.4, 0.5) is 0 Å². The lowest BCUT2D eigenvalue weighted by Gasteiger charge is -2.10. The minimum atomic E-state index is -4.30. The Kier molecular flexibility index (Phi) is 14.1. The maximum atomic E-state index is 10.5. The fourth-order valence-electron chi connectivity index (χ4n) is 2.31. The molecule has 2 N–H and O–H groups in total. The molecule has 0 saturated carbocycles. The van der Waals surface area contributed by atoms with Crippen molar-refractivity contribution in [3.05, 3.63) is 29.8 Å². The average Bonchev–Trinajstić information content (AvgIpc) is 2.61. The van der Waals surface area contributed by atoms with Crippen molar-refractivity contribution in [2.75, 3.05) is 24.7 Å². The summed E-state index contributed by atoms with van der Waals surface area (Å²) in [6.07, 6.45) is 8.88. The van der Waals surface area contributed by atoms with E-state index in [0.717, 1.165) is 12.2 Å². The zero-order valence-electron chi connectivity index (χ0n) is 16.2. The first-order chi connectivity index (χ1) is 13.1. The lowest BCUT2D eigenvalue weighted by atomic mass is 10.0. The molecule has 0 atom stereocenters. The van der Waals surface area contributed by atoms with Gasteiger partial charge in [-0.25, -0.2) is 5.11 Å². The van der Waals surface area contributed by atoms with E-state index in [2.05, 4.69) is 13.0 Å². The van der Waals surface area contributed by atoms with Crippen LogP contribution >= 0.6 is 0 Å². The van der Waals surface area contributed by atoms with Crippen LogP contribution in [0.15, 0.2) is 24.3 Å². The van der Waals surface area contributed by atoms with E-state index in [1.54, 1.807) is 0 Å². The van der Waals surface area contributed by atoms with Crippen LogP contribution in [0.25, 0.3) is 0 Å². The third kappa shape index (κ3) is 16.9. The van der Waals surface area contributed by atoms with E-state index in [9.17, 15) is 21.9 Å². The van der Waals surface area contributed by atoms with Crippen molar-refractivity contribution in [1.82, 2.24) is 0 Å². The van der Waals surface area contributed by atoms with Crippen LogP contribution in [0.1, 0.15) is 51.0 Å². The van der Waals surface area contributed by atoms with E-state index in [-0.39, 0.29) is 13.2 Å². The first kappa shape index (κ1) is 26.8. The summed E-state index contributed by atoms with van der Waals surface area (Å²) in [5, 5.41) is 10.5.